The number of pyridine rings is 1. The zero-order valence-corrected chi connectivity index (χ0v) is 37.4. The van der Waals surface area contributed by atoms with E-state index in [1.54, 1.807) is 0 Å². The van der Waals surface area contributed by atoms with Gasteiger partial charge in [-0.15, -0.1) is 0 Å². The second-order valence-corrected chi connectivity index (χ2v) is 17.4. The van der Waals surface area contributed by atoms with Gasteiger partial charge in [-0.25, -0.2) is 19.9 Å². The zero-order valence-electron chi connectivity index (χ0n) is 37.4. The van der Waals surface area contributed by atoms with Crippen molar-refractivity contribution in [2.24, 2.45) is 0 Å². The summed E-state index contributed by atoms with van der Waals surface area (Å²) in [7, 11) is 0. The Bertz CT molecular complexity index is 3960. The van der Waals surface area contributed by atoms with Crippen LogP contribution in [0.3, 0.4) is 0 Å². The highest BCUT2D eigenvalue weighted by atomic mass is 15.0. The minimum Gasteiger partial charge on any atom is -0.309 e. The molecule has 3 heterocycles. The van der Waals surface area contributed by atoms with Crippen LogP contribution in [0, 0.1) is 0 Å². The van der Waals surface area contributed by atoms with Crippen molar-refractivity contribution >= 4 is 43.5 Å². The Morgan fingerprint density at radius 2 is 0.696 bits per heavy atom. The zero-order chi connectivity index (χ0) is 45.7. The fourth-order valence-electron chi connectivity index (χ4n) is 9.90. The highest BCUT2D eigenvalue weighted by molar-refractivity contribution is 6.27. The van der Waals surface area contributed by atoms with Crippen LogP contribution in [0.1, 0.15) is 0 Å². The molecule has 0 saturated heterocycles. The summed E-state index contributed by atoms with van der Waals surface area (Å²) < 4.78 is 2.42. The summed E-state index contributed by atoms with van der Waals surface area (Å²) in [6.07, 6.45) is 0. The van der Waals surface area contributed by atoms with Crippen LogP contribution in [0.4, 0.5) is 0 Å². The average Bonchev–Trinajstić information content (AvgIpc) is 3.78. The minimum atomic E-state index is 0.605. The van der Waals surface area contributed by atoms with Crippen molar-refractivity contribution in [3.8, 4) is 84.5 Å². The quantitative estimate of drug-likeness (QED) is 0.143. The van der Waals surface area contributed by atoms with E-state index in [-0.39, 0.29) is 0 Å². The molecular weight excluding hydrogens is 839 g/mol. The van der Waals surface area contributed by atoms with Gasteiger partial charge in [0.25, 0.3) is 0 Å². The molecule has 0 aliphatic carbocycles. The fraction of sp³-hybridized carbons (Fsp3) is 0. The Hall–Kier alpha value is -9.32. The molecule has 69 heavy (non-hydrogen) atoms. The summed E-state index contributed by atoms with van der Waals surface area (Å²) in [6, 6.07) is 87.5. The van der Waals surface area contributed by atoms with Crippen molar-refractivity contribution in [2.45, 2.75) is 0 Å². The molecule has 0 fully saturated rings. The van der Waals surface area contributed by atoms with E-state index in [9.17, 15) is 0 Å². The maximum absolute atomic E-state index is 5.48. The van der Waals surface area contributed by atoms with E-state index in [0.717, 1.165) is 83.3 Å². The lowest BCUT2D eigenvalue weighted by Gasteiger charge is -2.15. The Balaban J connectivity index is 0.958. The highest BCUT2D eigenvalue weighted by Gasteiger charge is 2.21. The molecule has 0 saturated carbocycles. The summed E-state index contributed by atoms with van der Waals surface area (Å²) in [5, 5.41) is 5.84. The molecule has 3 aromatic heterocycles. The van der Waals surface area contributed by atoms with Crippen molar-refractivity contribution in [3.63, 3.8) is 0 Å². The number of nitrogens with zero attached hydrogens (tertiary/aromatic N) is 5. The van der Waals surface area contributed by atoms with E-state index in [2.05, 4.69) is 211 Å². The average molecular weight is 880 g/mol. The van der Waals surface area contributed by atoms with Crippen LogP contribution in [0.5, 0.6) is 0 Å². The van der Waals surface area contributed by atoms with Crippen molar-refractivity contribution in [1.82, 2.24) is 24.5 Å². The fourth-order valence-corrected chi connectivity index (χ4v) is 9.90. The summed E-state index contributed by atoms with van der Waals surface area (Å²) in [5.41, 5.74) is 15.8. The standard InChI is InChI=1S/C64H41N5/c1-6-18-42(19-7-1)49-38-50(43-20-8-2-9-21-43)40-51(39-49)64-67-62(46-24-12-4-13-25-46)66-63(68-64)47-32-30-44(31-33-47)48-34-35-55-57(41-48)65-60(45-22-10-3-11-23-45)56-37-36-54-53-28-16-17-29-58(53)69(61(54)59(55)56)52-26-14-5-15-27-52/h1-41H. The van der Waals surface area contributed by atoms with Gasteiger partial charge in [0.05, 0.1) is 22.2 Å². The SMILES string of the molecule is c1ccc(-c2cc(-c3ccccc3)cc(-c3nc(-c4ccccc4)nc(-c4ccc(-c5ccc6c(c5)nc(-c5ccccc5)c5ccc7c8ccccc8n(-c8ccccc8)c7c56)cc4)n3)c2)cc1. The van der Waals surface area contributed by atoms with Gasteiger partial charge in [0.1, 0.15) is 0 Å². The Kier molecular flexibility index (Phi) is 9.76. The summed E-state index contributed by atoms with van der Waals surface area (Å²) in [5.74, 6) is 1.84. The molecular formula is C64H41N5. The lowest BCUT2D eigenvalue weighted by atomic mass is 9.95. The third kappa shape index (κ3) is 7.21. The van der Waals surface area contributed by atoms with Gasteiger partial charge >= 0.3 is 0 Å². The number of fused-ring (bicyclic) bond motifs is 7. The van der Waals surface area contributed by atoms with Crippen LogP contribution in [0.2, 0.25) is 0 Å². The molecule has 10 aromatic carbocycles. The molecule has 0 radical (unpaired) electrons. The molecule has 0 spiro atoms. The molecule has 0 N–H and O–H groups in total. The first-order valence-corrected chi connectivity index (χ1v) is 23.3. The molecule has 0 atom stereocenters. The third-order valence-corrected chi connectivity index (χ3v) is 13.2. The summed E-state index contributed by atoms with van der Waals surface area (Å²) in [4.78, 5) is 20.9. The van der Waals surface area contributed by atoms with Gasteiger partial charge in [-0.3, -0.25) is 0 Å². The molecule has 0 bridgehead atoms. The Labute approximate surface area is 399 Å². The monoisotopic (exact) mass is 879 g/mol. The maximum Gasteiger partial charge on any atom is 0.164 e. The molecule has 5 nitrogen and oxygen atoms in total. The summed E-state index contributed by atoms with van der Waals surface area (Å²) in [6.45, 7) is 0. The van der Waals surface area contributed by atoms with Crippen molar-refractivity contribution in [2.75, 3.05) is 0 Å². The van der Waals surface area contributed by atoms with E-state index in [4.69, 9.17) is 19.9 Å². The van der Waals surface area contributed by atoms with Gasteiger partial charge < -0.3 is 4.57 Å². The summed E-state index contributed by atoms with van der Waals surface area (Å²) >= 11 is 0. The molecule has 5 heteroatoms. The molecule has 0 amide bonds. The van der Waals surface area contributed by atoms with E-state index < -0.39 is 0 Å². The van der Waals surface area contributed by atoms with Crippen molar-refractivity contribution < 1.29 is 0 Å². The van der Waals surface area contributed by atoms with Crippen LogP contribution in [0.15, 0.2) is 249 Å². The van der Waals surface area contributed by atoms with Crippen LogP contribution in [-0.4, -0.2) is 24.5 Å². The second kappa shape index (κ2) is 16.8. The molecule has 0 unspecified atom stereocenters. The van der Waals surface area contributed by atoms with Crippen molar-refractivity contribution in [3.05, 3.63) is 249 Å². The lowest BCUT2D eigenvalue weighted by Crippen LogP contribution is -2.00. The second-order valence-electron chi connectivity index (χ2n) is 17.4. The number of aromatic nitrogens is 5. The number of hydrogen-bond acceptors (Lipinski definition) is 4. The molecule has 0 aliphatic rings. The van der Waals surface area contributed by atoms with Gasteiger partial charge in [-0.1, -0.05) is 206 Å². The molecule has 13 rings (SSSR count). The van der Waals surface area contributed by atoms with Gasteiger partial charge in [0.2, 0.25) is 0 Å². The third-order valence-electron chi connectivity index (χ3n) is 13.2. The van der Waals surface area contributed by atoms with Gasteiger partial charge in [0.15, 0.2) is 17.5 Å². The van der Waals surface area contributed by atoms with Crippen LogP contribution in [-0.2, 0) is 0 Å². The number of hydrogen-bond donors (Lipinski definition) is 0. The minimum absolute atomic E-state index is 0.605. The van der Waals surface area contributed by atoms with Crippen molar-refractivity contribution in [1.29, 1.82) is 0 Å². The first kappa shape index (κ1) is 40.0. The van der Waals surface area contributed by atoms with Gasteiger partial charge in [0, 0.05) is 54.9 Å². The Morgan fingerprint density at radius 3 is 1.32 bits per heavy atom. The maximum atomic E-state index is 5.48. The lowest BCUT2D eigenvalue weighted by molar-refractivity contribution is 1.07. The smallest absolute Gasteiger partial charge is 0.164 e. The first-order chi connectivity index (χ1) is 34.2. The number of para-hydroxylation sites is 2. The predicted molar refractivity (Wildman–Crippen MR) is 285 cm³/mol. The molecule has 13 aromatic rings. The van der Waals surface area contributed by atoms with E-state index in [1.807, 2.05) is 42.5 Å². The van der Waals surface area contributed by atoms with Crippen LogP contribution < -0.4 is 0 Å². The predicted octanol–water partition coefficient (Wildman–Crippen LogP) is 16.3. The van der Waals surface area contributed by atoms with Crippen LogP contribution >= 0.6 is 0 Å². The highest BCUT2D eigenvalue weighted by Crippen LogP contribution is 2.43. The van der Waals surface area contributed by atoms with Gasteiger partial charge in [-0.05, 0) is 75.8 Å². The number of rotatable bonds is 8. The van der Waals surface area contributed by atoms with E-state index >= 15 is 0 Å². The van der Waals surface area contributed by atoms with E-state index in [1.165, 1.54) is 27.2 Å². The number of benzene rings is 10. The normalized spacial score (nSPS) is 11.5. The first-order valence-electron chi connectivity index (χ1n) is 23.3. The molecule has 322 valence electrons. The Morgan fingerprint density at radius 1 is 0.261 bits per heavy atom. The largest absolute Gasteiger partial charge is 0.309 e. The topological polar surface area (TPSA) is 56.5 Å². The van der Waals surface area contributed by atoms with E-state index in [0.29, 0.717) is 17.5 Å². The van der Waals surface area contributed by atoms with Gasteiger partial charge in [-0.2, -0.15) is 0 Å². The van der Waals surface area contributed by atoms with Crippen LogP contribution in [0.25, 0.3) is 128 Å². The molecule has 0 aliphatic heterocycles.